The molecule has 0 radical (unpaired) electrons. The molecule has 1 aliphatic rings. The van der Waals surface area contributed by atoms with E-state index in [0.29, 0.717) is 10.7 Å². The van der Waals surface area contributed by atoms with Crippen LogP contribution in [0.2, 0.25) is 0 Å². The number of halogens is 1. The van der Waals surface area contributed by atoms with Crippen LogP contribution in [0.25, 0.3) is 0 Å². The number of aryl methyl sites for hydroxylation is 2. The van der Waals surface area contributed by atoms with Crippen LogP contribution in [-0.4, -0.2) is 16.8 Å². The van der Waals surface area contributed by atoms with E-state index in [-0.39, 0.29) is 17.7 Å². The summed E-state index contributed by atoms with van der Waals surface area (Å²) in [5.74, 6) is -0.550. The average Bonchev–Trinajstić information content (AvgIpc) is 3.13. The molecule has 0 saturated carbocycles. The van der Waals surface area contributed by atoms with Gasteiger partial charge in [0.1, 0.15) is 0 Å². The summed E-state index contributed by atoms with van der Waals surface area (Å²) in [6.07, 6.45) is 2.57. The van der Waals surface area contributed by atoms with Crippen molar-refractivity contribution in [1.29, 1.82) is 0 Å². The molecule has 29 heavy (non-hydrogen) atoms. The van der Waals surface area contributed by atoms with Gasteiger partial charge in [0.2, 0.25) is 5.91 Å². The number of aromatic nitrogens is 1. The highest BCUT2D eigenvalue weighted by Crippen LogP contribution is 2.37. The van der Waals surface area contributed by atoms with Gasteiger partial charge in [0, 0.05) is 20.6 Å². The average molecular weight is 470 g/mol. The standard InChI is InChI=1S/C22H20BrN3O2S/c1-13-12-15(23)10-11-17(13)24-21(28)16-8-5-9-18-19(16)25-22(29-18)26-20(27)14-6-3-2-4-7-14/h2-4,6-7,10-12,16H,5,8-9H2,1H3,(H,24,28)(H,25,26,27). The fourth-order valence-electron chi connectivity index (χ4n) is 3.47. The molecule has 0 saturated heterocycles. The van der Waals surface area contributed by atoms with Crippen LogP contribution >= 0.6 is 27.3 Å². The van der Waals surface area contributed by atoms with Crippen LogP contribution < -0.4 is 10.6 Å². The molecule has 1 aromatic heterocycles. The minimum atomic E-state index is -0.305. The Labute approximate surface area is 181 Å². The Balaban J connectivity index is 1.52. The van der Waals surface area contributed by atoms with E-state index in [4.69, 9.17) is 0 Å². The van der Waals surface area contributed by atoms with Gasteiger partial charge in [-0.2, -0.15) is 0 Å². The van der Waals surface area contributed by atoms with Crippen molar-refractivity contribution in [3.63, 3.8) is 0 Å². The van der Waals surface area contributed by atoms with Crippen LogP contribution in [0, 0.1) is 6.92 Å². The van der Waals surface area contributed by atoms with Crippen molar-refractivity contribution >= 4 is 49.9 Å². The Hall–Kier alpha value is -2.51. The summed E-state index contributed by atoms with van der Waals surface area (Å²) in [6.45, 7) is 1.97. The smallest absolute Gasteiger partial charge is 0.257 e. The molecule has 1 atom stereocenters. The van der Waals surface area contributed by atoms with Gasteiger partial charge >= 0.3 is 0 Å². The maximum absolute atomic E-state index is 13.0. The lowest BCUT2D eigenvalue weighted by atomic mass is 9.90. The highest BCUT2D eigenvalue weighted by atomic mass is 79.9. The Kier molecular flexibility index (Phi) is 5.78. The van der Waals surface area contributed by atoms with Crippen LogP contribution in [0.5, 0.6) is 0 Å². The number of carbonyl (C=O) groups is 2. The molecule has 1 unspecified atom stereocenters. The lowest BCUT2D eigenvalue weighted by Crippen LogP contribution is -2.25. The molecule has 5 nitrogen and oxygen atoms in total. The number of nitrogens with zero attached hydrogens (tertiary/aromatic N) is 1. The molecule has 1 aliphatic carbocycles. The van der Waals surface area contributed by atoms with Gasteiger partial charge in [0.15, 0.2) is 5.13 Å². The van der Waals surface area contributed by atoms with E-state index in [0.717, 1.165) is 45.6 Å². The van der Waals surface area contributed by atoms with E-state index in [1.54, 1.807) is 12.1 Å². The summed E-state index contributed by atoms with van der Waals surface area (Å²) >= 11 is 4.91. The third kappa shape index (κ3) is 4.41. The predicted octanol–water partition coefficient (Wildman–Crippen LogP) is 5.52. The topological polar surface area (TPSA) is 71.1 Å². The fraction of sp³-hybridized carbons (Fsp3) is 0.227. The molecule has 3 aromatic rings. The van der Waals surface area contributed by atoms with Crippen molar-refractivity contribution < 1.29 is 9.59 Å². The van der Waals surface area contributed by atoms with E-state index in [2.05, 4.69) is 31.5 Å². The summed E-state index contributed by atoms with van der Waals surface area (Å²) in [4.78, 5) is 31.1. The van der Waals surface area contributed by atoms with Gasteiger partial charge in [-0.15, -0.1) is 11.3 Å². The van der Waals surface area contributed by atoms with Crippen molar-refractivity contribution in [3.8, 4) is 0 Å². The minimum Gasteiger partial charge on any atom is -0.325 e. The summed E-state index contributed by atoms with van der Waals surface area (Å²) in [5.41, 5.74) is 3.17. The van der Waals surface area contributed by atoms with E-state index < -0.39 is 0 Å². The monoisotopic (exact) mass is 469 g/mol. The van der Waals surface area contributed by atoms with Gasteiger partial charge in [-0.1, -0.05) is 34.1 Å². The largest absolute Gasteiger partial charge is 0.325 e. The first-order chi connectivity index (χ1) is 14.0. The highest BCUT2D eigenvalue weighted by Gasteiger charge is 2.31. The molecule has 0 bridgehead atoms. The second kappa shape index (κ2) is 8.47. The van der Waals surface area contributed by atoms with Gasteiger partial charge in [-0.05, 0) is 62.1 Å². The quantitative estimate of drug-likeness (QED) is 0.527. The number of hydrogen-bond donors (Lipinski definition) is 2. The van der Waals surface area contributed by atoms with Crippen LogP contribution in [0.15, 0.2) is 53.0 Å². The molecular formula is C22H20BrN3O2S. The van der Waals surface area contributed by atoms with E-state index >= 15 is 0 Å². The fourth-order valence-corrected chi connectivity index (χ4v) is 5.01. The molecule has 7 heteroatoms. The number of amides is 2. The van der Waals surface area contributed by atoms with Crippen LogP contribution in [0.4, 0.5) is 10.8 Å². The van der Waals surface area contributed by atoms with E-state index in [9.17, 15) is 9.59 Å². The lowest BCUT2D eigenvalue weighted by Gasteiger charge is -2.21. The Morgan fingerprint density at radius 1 is 1.14 bits per heavy atom. The SMILES string of the molecule is Cc1cc(Br)ccc1NC(=O)C1CCCc2sc(NC(=O)c3ccccc3)nc21. The van der Waals surface area contributed by atoms with Gasteiger partial charge in [-0.3, -0.25) is 14.9 Å². The first-order valence-corrected chi connectivity index (χ1v) is 11.1. The summed E-state index contributed by atoms with van der Waals surface area (Å²) in [7, 11) is 0. The van der Waals surface area contributed by atoms with E-state index in [1.807, 2.05) is 43.3 Å². The van der Waals surface area contributed by atoms with Crippen molar-refractivity contribution in [3.05, 3.63) is 74.7 Å². The van der Waals surface area contributed by atoms with Crippen LogP contribution in [0.3, 0.4) is 0 Å². The molecule has 0 fully saturated rings. The second-order valence-corrected chi connectivity index (χ2v) is 9.04. The zero-order valence-corrected chi connectivity index (χ0v) is 18.3. The van der Waals surface area contributed by atoms with Crippen molar-refractivity contribution in [1.82, 2.24) is 4.98 Å². The van der Waals surface area contributed by atoms with Crippen molar-refractivity contribution in [2.45, 2.75) is 32.1 Å². The minimum absolute atomic E-state index is 0.0531. The number of benzene rings is 2. The molecule has 2 amide bonds. The maximum atomic E-state index is 13.0. The molecule has 1 heterocycles. The zero-order chi connectivity index (χ0) is 20.4. The van der Waals surface area contributed by atoms with Crippen molar-refractivity contribution in [2.24, 2.45) is 0 Å². The lowest BCUT2D eigenvalue weighted by molar-refractivity contribution is -0.117. The van der Waals surface area contributed by atoms with Gasteiger partial charge in [0.25, 0.3) is 5.91 Å². The number of fused-ring (bicyclic) bond motifs is 1. The van der Waals surface area contributed by atoms with Crippen LogP contribution in [0.1, 0.15) is 45.3 Å². The number of nitrogens with one attached hydrogen (secondary N) is 2. The molecular weight excluding hydrogens is 450 g/mol. The third-order valence-corrected chi connectivity index (χ3v) is 6.51. The predicted molar refractivity (Wildman–Crippen MR) is 120 cm³/mol. The molecule has 2 N–H and O–H groups in total. The molecule has 2 aromatic carbocycles. The second-order valence-electron chi connectivity index (χ2n) is 7.04. The van der Waals surface area contributed by atoms with E-state index in [1.165, 1.54) is 11.3 Å². The molecule has 0 spiro atoms. The molecule has 0 aliphatic heterocycles. The number of hydrogen-bond acceptors (Lipinski definition) is 4. The Morgan fingerprint density at radius 3 is 2.69 bits per heavy atom. The normalized spacial score (nSPS) is 15.4. The first-order valence-electron chi connectivity index (χ1n) is 9.44. The summed E-state index contributed by atoms with van der Waals surface area (Å²) in [5, 5.41) is 6.46. The molecule has 4 rings (SSSR count). The number of rotatable bonds is 4. The summed E-state index contributed by atoms with van der Waals surface area (Å²) < 4.78 is 0.978. The maximum Gasteiger partial charge on any atom is 0.257 e. The third-order valence-electron chi connectivity index (χ3n) is 4.97. The first kappa shape index (κ1) is 19.8. The highest BCUT2D eigenvalue weighted by molar-refractivity contribution is 9.10. The zero-order valence-electron chi connectivity index (χ0n) is 15.9. The number of carbonyl (C=O) groups excluding carboxylic acids is 2. The van der Waals surface area contributed by atoms with Crippen molar-refractivity contribution in [2.75, 3.05) is 10.6 Å². The Morgan fingerprint density at radius 2 is 1.93 bits per heavy atom. The Bertz CT molecular complexity index is 1070. The van der Waals surface area contributed by atoms with Gasteiger partial charge < -0.3 is 5.32 Å². The number of anilines is 2. The van der Waals surface area contributed by atoms with Gasteiger partial charge in [-0.25, -0.2) is 4.98 Å². The summed E-state index contributed by atoms with van der Waals surface area (Å²) in [6, 6.07) is 14.8. The van der Waals surface area contributed by atoms with Crippen LogP contribution in [-0.2, 0) is 11.2 Å². The number of thiazole rings is 1. The molecule has 148 valence electrons. The van der Waals surface area contributed by atoms with Gasteiger partial charge in [0.05, 0.1) is 11.6 Å².